The lowest BCUT2D eigenvalue weighted by atomic mass is 9.94. The highest BCUT2D eigenvalue weighted by Crippen LogP contribution is 2.43. The van der Waals surface area contributed by atoms with Gasteiger partial charge in [0.15, 0.2) is 0 Å². The minimum atomic E-state index is -0.833. The number of carbonyl (C=O) groups is 2. The molecule has 0 radical (unpaired) electrons. The minimum absolute atomic E-state index is 0.00219. The number of likely N-dealkylation sites (tertiary alicyclic amines) is 1. The van der Waals surface area contributed by atoms with Crippen molar-refractivity contribution in [1.82, 2.24) is 9.80 Å². The lowest BCUT2D eigenvalue weighted by molar-refractivity contribution is -0.140. The number of rotatable bonds is 7. The Morgan fingerprint density at radius 3 is 2.35 bits per heavy atom. The topological polar surface area (TPSA) is 79.3 Å². The Kier molecular flexibility index (Phi) is 6.87. The fourth-order valence-electron chi connectivity index (χ4n) is 3.56. The molecule has 1 N–H and O–H groups in total. The van der Waals surface area contributed by atoms with Crippen molar-refractivity contribution in [2.75, 3.05) is 41.4 Å². The number of aliphatic hydroxyl groups excluding tert-OH is 1. The zero-order valence-electron chi connectivity index (χ0n) is 17.9. The predicted octanol–water partition coefficient (Wildman–Crippen LogP) is 3.34. The van der Waals surface area contributed by atoms with Crippen molar-refractivity contribution in [3.8, 4) is 11.5 Å². The maximum Gasteiger partial charge on any atom is 0.295 e. The summed E-state index contributed by atoms with van der Waals surface area (Å²) in [4.78, 5) is 29.4. The second-order valence-corrected chi connectivity index (χ2v) is 7.85. The molecule has 0 aliphatic carbocycles. The van der Waals surface area contributed by atoms with Crippen LogP contribution >= 0.6 is 11.6 Å². The fraction of sp³-hybridized carbons (Fsp3) is 0.304. The first-order valence-corrected chi connectivity index (χ1v) is 10.1. The van der Waals surface area contributed by atoms with Gasteiger partial charge in [-0.05, 0) is 56.6 Å². The van der Waals surface area contributed by atoms with Crippen LogP contribution in [0.25, 0.3) is 5.76 Å². The van der Waals surface area contributed by atoms with Gasteiger partial charge in [-0.15, -0.1) is 0 Å². The van der Waals surface area contributed by atoms with Crippen LogP contribution in [-0.2, 0) is 9.59 Å². The van der Waals surface area contributed by atoms with E-state index >= 15 is 0 Å². The van der Waals surface area contributed by atoms with Crippen molar-refractivity contribution in [1.29, 1.82) is 0 Å². The van der Waals surface area contributed by atoms with Gasteiger partial charge in [0.2, 0.25) is 0 Å². The number of carbonyl (C=O) groups excluding carboxylic acids is 2. The first kappa shape index (κ1) is 22.7. The molecule has 0 aromatic heterocycles. The molecule has 164 valence electrons. The molecule has 1 heterocycles. The van der Waals surface area contributed by atoms with E-state index < -0.39 is 17.7 Å². The molecule has 1 aliphatic heterocycles. The van der Waals surface area contributed by atoms with Crippen molar-refractivity contribution >= 4 is 29.1 Å². The van der Waals surface area contributed by atoms with Crippen LogP contribution in [0.4, 0.5) is 0 Å². The van der Waals surface area contributed by atoms with Crippen molar-refractivity contribution in [2.45, 2.75) is 6.04 Å². The van der Waals surface area contributed by atoms with Gasteiger partial charge in [0.05, 0.1) is 25.8 Å². The van der Waals surface area contributed by atoms with E-state index in [0.717, 1.165) is 0 Å². The van der Waals surface area contributed by atoms with Crippen LogP contribution < -0.4 is 9.47 Å². The third-order valence-electron chi connectivity index (χ3n) is 5.18. The number of methoxy groups -OCH3 is 2. The van der Waals surface area contributed by atoms with Gasteiger partial charge in [-0.2, -0.15) is 0 Å². The molecule has 0 bridgehead atoms. The highest BCUT2D eigenvalue weighted by molar-refractivity contribution is 6.46. The number of Topliss-reactive ketones (excluding diaryl/α,β-unsaturated/α-hetero) is 1. The largest absolute Gasteiger partial charge is 0.507 e. The van der Waals surface area contributed by atoms with Crippen molar-refractivity contribution in [2.24, 2.45) is 0 Å². The molecule has 1 amide bonds. The van der Waals surface area contributed by atoms with Gasteiger partial charge in [0, 0.05) is 29.2 Å². The van der Waals surface area contributed by atoms with E-state index in [1.807, 2.05) is 19.0 Å². The summed E-state index contributed by atoms with van der Waals surface area (Å²) in [5.41, 5.74) is 0.940. The Labute approximate surface area is 186 Å². The molecular formula is C23H25ClN2O5. The number of amides is 1. The van der Waals surface area contributed by atoms with Crippen LogP contribution in [0.3, 0.4) is 0 Å². The number of benzene rings is 2. The van der Waals surface area contributed by atoms with E-state index in [1.165, 1.54) is 19.1 Å². The summed E-state index contributed by atoms with van der Waals surface area (Å²) in [7, 11) is 6.80. The number of ketones is 1. The normalized spacial score (nSPS) is 18.0. The number of halogens is 1. The second-order valence-electron chi connectivity index (χ2n) is 7.41. The first-order valence-electron chi connectivity index (χ1n) is 9.69. The molecule has 0 saturated carbocycles. The maximum absolute atomic E-state index is 13.1. The average molecular weight is 445 g/mol. The summed E-state index contributed by atoms with van der Waals surface area (Å²) < 4.78 is 10.9. The summed E-state index contributed by atoms with van der Waals surface area (Å²) in [6.45, 7) is 0.830. The summed E-state index contributed by atoms with van der Waals surface area (Å²) in [5, 5.41) is 11.6. The van der Waals surface area contributed by atoms with Crippen LogP contribution in [0, 0.1) is 0 Å². The summed E-state index contributed by atoms with van der Waals surface area (Å²) in [5.74, 6) is -0.671. The average Bonchev–Trinajstić information content (AvgIpc) is 3.01. The fourth-order valence-corrected chi connectivity index (χ4v) is 3.68. The smallest absolute Gasteiger partial charge is 0.295 e. The van der Waals surface area contributed by atoms with Crippen molar-refractivity contribution < 1.29 is 24.2 Å². The Morgan fingerprint density at radius 1 is 1.10 bits per heavy atom. The number of aliphatic hydroxyl groups is 1. The van der Waals surface area contributed by atoms with Gasteiger partial charge < -0.3 is 24.4 Å². The molecule has 1 atom stereocenters. The van der Waals surface area contributed by atoms with E-state index in [0.29, 0.717) is 40.7 Å². The molecule has 7 nitrogen and oxygen atoms in total. The number of ether oxygens (including phenoxy) is 2. The zero-order chi connectivity index (χ0) is 22.7. The van der Waals surface area contributed by atoms with Crippen LogP contribution in [0.5, 0.6) is 11.5 Å². The van der Waals surface area contributed by atoms with E-state index in [2.05, 4.69) is 0 Å². The quantitative estimate of drug-likeness (QED) is 0.401. The lowest BCUT2D eigenvalue weighted by Crippen LogP contribution is -2.35. The Morgan fingerprint density at radius 2 is 1.77 bits per heavy atom. The molecule has 8 heteroatoms. The van der Waals surface area contributed by atoms with Crippen molar-refractivity contribution in [3.05, 3.63) is 64.2 Å². The molecule has 1 saturated heterocycles. The van der Waals surface area contributed by atoms with Gasteiger partial charge in [0.1, 0.15) is 17.3 Å². The van der Waals surface area contributed by atoms with Crippen molar-refractivity contribution in [3.63, 3.8) is 0 Å². The molecule has 1 fully saturated rings. The zero-order valence-corrected chi connectivity index (χ0v) is 18.6. The van der Waals surface area contributed by atoms with Gasteiger partial charge in [-0.3, -0.25) is 9.59 Å². The molecule has 1 unspecified atom stereocenters. The number of hydrogen-bond donors (Lipinski definition) is 1. The lowest BCUT2D eigenvalue weighted by Gasteiger charge is -2.28. The van der Waals surface area contributed by atoms with E-state index in [9.17, 15) is 14.7 Å². The van der Waals surface area contributed by atoms with E-state index in [4.69, 9.17) is 21.1 Å². The highest BCUT2D eigenvalue weighted by Gasteiger charge is 2.47. The van der Waals surface area contributed by atoms with E-state index in [1.54, 1.807) is 42.5 Å². The molecule has 0 spiro atoms. The first-order chi connectivity index (χ1) is 14.8. The van der Waals surface area contributed by atoms with Crippen LogP contribution in [0.2, 0.25) is 5.02 Å². The molecule has 31 heavy (non-hydrogen) atoms. The third kappa shape index (κ3) is 4.52. The van der Waals surface area contributed by atoms with Crippen LogP contribution in [0.15, 0.2) is 48.0 Å². The standard InChI is InChI=1S/C23H25ClN2O5/c1-25(2)11-12-26-20(17-13-16(30-3)9-10-18(17)31-4)19(22(28)23(26)29)21(27)14-5-7-15(24)8-6-14/h5-10,13,20,27H,11-12H2,1-4H3/b21-19+. The molecular weight excluding hydrogens is 420 g/mol. The Hall–Kier alpha value is -3.03. The SMILES string of the molecule is COc1ccc(OC)c(C2/C(=C(\O)c3ccc(Cl)cc3)C(=O)C(=O)N2CCN(C)C)c1. The summed E-state index contributed by atoms with van der Waals surface area (Å²) >= 11 is 5.96. The van der Waals surface area contributed by atoms with Gasteiger partial charge >= 0.3 is 0 Å². The highest BCUT2D eigenvalue weighted by atomic mass is 35.5. The molecule has 2 aromatic carbocycles. The molecule has 1 aliphatic rings. The van der Waals surface area contributed by atoms with Gasteiger partial charge in [-0.1, -0.05) is 11.6 Å². The Balaban J connectivity index is 2.23. The number of hydrogen-bond acceptors (Lipinski definition) is 6. The molecule has 3 rings (SSSR count). The van der Waals surface area contributed by atoms with Gasteiger partial charge in [-0.25, -0.2) is 0 Å². The summed E-state index contributed by atoms with van der Waals surface area (Å²) in [6, 6.07) is 10.7. The third-order valence-corrected chi connectivity index (χ3v) is 5.43. The predicted molar refractivity (Wildman–Crippen MR) is 119 cm³/mol. The van der Waals surface area contributed by atoms with E-state index in [-0.39, 0.29) is 11.3 Å². The summed E-state index contributed by atoms with van der Waals surface area (Å²) in [6.07, 6.45) is 0. The maximum atomic E-state index is 13.1. The number of nitrogens with zero attached hydrogens (tertiary/aromatic N) is 2. The van der Waals surface area contributed by atoms with Crippen LogP contribution in [0.1, 0.15) is 17.2 Å². The minimum Gasteiger partial charge on any atom is -0.507 e. The monoisotopic (exact) mass is 444 g/mol. The van der Waals surface area contributed by atoms with Crippen LogP contribution in [-0.4, -0.2) is 68.0 Å². The Bertz CT molecular complexity index is 1020. The second kappa shape index (κ2) is 9.41. The number of likely N-dealkylation sites (N-methyl/N-ethyl adjacent to an activating group) is 1. The molecule has 2 aromatic rings. The van der Waals surface area contributed by atoms with Gasteiger partial charge in [0.25, 0.3) is 11.7 Å².